The first-order valence-corrected chi connectivity index (χ1v) is 6.95. The number of nitrogens with one attached hydrogen (secondary N) is 2. The van der Waals surface area contributed by atoms with E-state index in [1.165, 1.54) is 0 Å². The highest BCUT2D eigenvalue weighted by atomic mass is 32.1. The van der Waals surface area contributed by atoms with Crippen molar-refractivity contribution in [1.82, 2.24) is 4.98 Å². The largest absolute Gasteiger partial charge is 0.482 e. The van der Waals surface area contributed by atoms with Gasteiger partial charge in [0.05, 0.1) is 11.4 Å². The predicted octanol–water partition coefficient (Wildman–Crippen LogP) is 1.62. The third kappa shape index (κ3) is 2.65. The Morgan fingerprint density at radius 1 is 1.52 bits per heavy atom. The van der Waals surface area contributed by atoms with Gasteiger partial charge in [-0.25, -0.2) is 4.98 Å². The standard InChI is InChI=1S/C13H12N4O3S/c1-6-11(21-13(14)15-6)12(19)16-7-2-3-9-8(4-7)17-10(18)5-20-9/h2-4H,5H2,1H3,(H2,14,15)(H,16,19)(H,17,18). The molecule has 21 heavy (non-hydrogen) atoms. The number of nitrogens with zero attached hydrogens (tertiary/aromatic N) is 1. The van der Waals surface area contributed by atoms with E-state index in [0.29, 0.717) is 32.8 Å². The summed E-state index contributed by atoms with van der Waals surface area (Å²) in [5.41, 5.74) is 7.25. The van der Waals surface area contributed by atoms with Crippen molar-refractivity contribution in [2.75, 3.05) is 23.0 Å². The Balaban J connectivity index is 1.82. The molecule has 7 nitrogen and oxygen atoms in total. The number of carbonyl (C=O) groups excluding carboxylic acids is 2. The van der Waals surface area contributed by atoms with Crippen molar-refractivity contribution in [3.63, 3.8) is 0 Å². The van der Waals surface area contributed by atoms with Gasteiger partial charge in [0.15, 0.2) is 11.7 Å². The molecule has 8 heteroatoms. The number of hydrogen-bond acceptors (Lipinski definition) is 6. The number of hydrogen-bond donors (Lipinski definition) is 3. The van der Waals surface area contributed by atoms with Gasteiger partial charge < -0.3 is 21.1 Å². The quantitative estimate of drug-likeness (QED) is 0.781. The molecule has 3 rings (SSSR count). The fourth-order valence-electron chi connectivity index (χ4n) is 1.98. The molecule has 1 aromatic heterocycles. The Kier molecular flexibility index (Phi) is 3.22. The van der Waals surface area contributed by atoms with Crippen molar-refractivity contribution in [2.45, 2.75) is 6.92 Å². The van der Waals surface area contributed by atoms with Crippen molar-refractivity contribution in [3.05, 3.63) is 28.8 Å². The van der Waals surface area contributed by atoms with Gasteiger partial charge in [0.25, 0.3) is 11.8 Å². The molecule has 4 N–H and O–H groups in total. The monoisotopic (exact) mass is 304 g/mol. The number of aromatic nitrogens is 1. The average Bonchev–Trinajstić information content (AvgIpc) is 2.77. The van der Waals surface area contributed by atoms with Crippen LogP contribution in [0.3, 0.4) is 0 Å². The highest BCUT2D eigenvalue weighted by Crippen LogP contribution is 2.31. The summed E-state index contributed by atoms with van der Waals surface area (Å²) in [5.74, 6) is 0.0626. The second-order valence-electron chi connectivity index (χ2n) is 4.47. The van der Waals surface area contributed by atoms with E-state index in [-0.39, 0.29) is 18.4 Å². The van der Waals surface area contributed by atoms with Crippen molar-refractivity contribution in [3.8, 4) is 5.75 Å². The zero-order valence-electron chi connectivity index (χ0n) is 11.1. The fourth-order valence-corrected chi connectivity index (χ4v) is 2.71. The fraction of sp³-hybridized carbons (Fsp3) is 0.154. The maximum atomic E-state index is 12.2. The van der Waals surface area contributed by atoms with Crippen LogP contribution in [0.15, 0.2) is 18.2 Å². The van der Waals surface area contributed by atoms with Crippen LogP contribution in [0.2, 0.25) is 0 Å². The number of ether oxygens (including phenoxy) is 1. The van der Waals surface area contributed by atoms with E-state index in [9.17, 15) is 9.59 Å². The van der Waals surface area contributed by atoms with Gasteiger partial charge in [0.2, 0.25) is 0 Å². The van der Waals surface area contributed by atoms with Crippen LogP contribution in [-0.2, 0) is 4.79 Å². The van der Waals surface area contributed by atoms with Gasteiger partial charge in [-0.3, -0.25) is 9.59 Å². The molecule has 1 aliphatic heterocycles. The first-order valence-electron chi connectivity index (χ1n) is 6.14. The Morgan fingerprint density at radius 2 is 2.33 bits per heavy atom. The summed E-state index contributed by atoms with van der Waals surface area (Å²) in [5, 5.41) is 5.78. The van der Waals surface area contributed by atoms with Crippen LogP contribution in [0.25, 0.3) is 0 Å². The molecular weight excluding hydrogens is 292 g/mol. The van der Waals surface area contributed by atoms with E-state index in [0.717, 1.165) is 11.3 Å². The molecule has 0 aliphatic carbocycles. The van der Waals surface area contributed by atoms with Crippen LogP contribution >= 0.6 is 11.3 Å². The number of anilines is 3. The Morgan fingerprint density at radius 3 is 3.05 bits per heavy atom. The number of thiazole rings is 1. The van der Waals surface area contributed by atoms with Gasteiger partial charge in [0, 0.05) is 5.69 Å². The van der Waals surface area contributed by atoms with Crippen molar-refractivity contribution in [1.29, 1.82) is 0 Å². The second kappa shape index (κ2) is 5.06. The first-order chi connectivity index (χ1) is 10.0. The second-order valence-corrected chi connectivity index (χ2v) is 5.50. The van der Waals surface area contributed by atoms with Gasteiger partial charge in [-0.1, -0.05) is 11.3 Å². The molecule has 108 valence electrons. The molecule has 1 aromatic carbocycles. The summed E-state index contributed by atoms with van der Waals surface area (Å²) in [6.07, 6.45) is 0. The minimum Gasteiger partial charge on any atom is -0.482 e. The molecule has 0 unspecified atom stereocenters. The van der Waals surface area contributed by atoms with E-state index in [2.05, 4.69) is 15.6 Å². The topological polar surface area (TPSA) is 106 Å². The lowest BCUT2D eigenvalue weighted by Gasteiger charge is -2.18. The van der Waals surface area contributed by atoms with Crippen LogP contribution < -0.4 is 21.1 Å². The zero-order chi connectivity index (χ0) is 15.0. The molecular formula is C13H12N4O3S. The molecule has 0 spiro atoms. The molecule has 0 atom stereocenters. The van der Waals surface area contributed by atoms with Crippen LogP contribution in [0.4, 0.5) is 16.5 Å². The lowest BCUT2D eigenvalue weighted by atomic mass is 10.2. The smallest absolute Gasteiger partial charge is 0.267 e. The van der Waals surface area contributed by atoms with E-state index in [1.54, 1.807) is 25.1 Å². The molecule has 1 aliphatic rings. The molecule has 0 saturated heterocycles. The summed E-state index contributed by atoms with van der Waals surface area (Å²) in [7, 11) is 0. The van der Waals surface area contributed by atoms with Crippen LogP contribution in [0, 0.1) is 6.92 Å². The van der Waals surface area contributed by atoms with E-state index < -0.39 is 0 Å². The number of carbonyl (C=O) groups is 2. The SMILES string of the molecule is Cc1nc(N)sc1C(=O)Nc1ccc2c(c1)NC(=O)CO2. The third-order valence-corrected chi connectivity index (χ3v) is 3.88. The normalized spacial score (nSPS) is 13.1. The minimum absolute atomic E-state index is 0.00194. The van der Waals surface area contributed by atoms with Gasteiger partial charge in [-0.15, -0.1) is 0 Å². The van der Waals surface area contributed by atoms with Crippen molar-refractivity contribution < 1.29 is 14.3 Å². The van der Waals surface area contributed by atoms with Crippen molar-refractivity contribution >= 4 is 39.7 Å². The number of amides is 2. The van der Waals surface area contributed by atoms with Crippen molar-refractivity contribution in [2.24, 2.45) is 0 Å². The number of fused-ring (bicyclic) bond motifs is 1. The van der Waals surface area contributed by atoms with Gasteiger partial charge in [-0.05, 0) is 25.1 Å². The molecule has 0 saturated carbocycles. The minimum atomic E-state index is -0.287. The Bertz CT molecular complexity index is 741. The molecule has 2 heterocycles. The Hall–Kier alpha value is -2.61. The van der Waals surface area contributed by atoms with E-state index in [4.69, 9.17) is 10.5 Å². The van der Waals surface area contributed by atoms with Gasteiger partial charge in [0.1, 0.15) is 10.6 Å². The van der Waals surface area contributed by atoms with Gasteiger partial charge >= 0.3 is 0 Å². The lowest BCUT2D eigenvalue weighted by Crippen LogP contribution is -2.25. The maximum absolute atomic E-state index is 12.2. The zero-order valence-corrected chi connectivity index (χ0v) is 11.9. The average molecular weight is 304 g/mol. The molecule has 2 amide bonds. The number of nitrogen functional groups attached to an aromatic ring is 1. The highest BCUT2D eigenvalue weighted by Gasteiger charge is 2.18. The number of rotatable bonds is 2. The summed E-state index contributed by atoms with van der Waals surface area (Å²) >= 11 is 1.13. The number of nitrogens with two attached hydrogens (primary N) is 1. The van der Waals surface area contributed by atoms with E-state index >= 15 is 0 Å². The first kappa shape index (κ1) is 13.4. The summed E-state index contributed by atoms with van der Waals surface area (Å²) in [6.45, 7) is 1.72. The van der Waals surface area contributed by atoms with Gasteiger partial charge in [-0.2, -0.15) is 0 Å². The van der Waals surface area contributed by atoms with Crippen LogP contribution in [0.5, 0.6) is 5.75 Å². The summed E-state index contributed by atoms with van der Waals surface area (Å²) < 4.78 is 5.25. The van der Waals surface area contributed by atoms with Crippen LogP contribution in [0.1, 0.15) is 15.4 Å². The lowest BCUT2D eigenvalue weighted by molar-refractivity contribution is -0.118. The molecule has 0 radical (unpaired) electrons. The van der Waals surface area contributed by atoms with Crippen LogP contribution in [-0.4, -0.2) is 23.4 Å². The predicted molar refractivity (Wildman–Crippen MR) is 79.8 cm³/mol. The Labute approximate surface area is 124 Å². The molecule has 2 aromatic rings. The maximum Gasteiger partial charge on any atom is 0.267 e. The third-order valence-electron chi connectivity index (χ3n) is 2.89. The molecule has 0 bridgehead atoms. The molecule has 0 fully saturated rings. The highest BCUT2D eigenvalue weighted by molar-refractivity contribution is 7.17. The number of benzene rings is 1. The summed E-state index contributed by atoms with van der Waals surface area (Å²) in [4.78, 5) is 27.9. The van der Waals surface area contributed by atoms with E-state index in [1.807, 2.05) is 0 Å². The summed E-state index contributed by atoms with van der Waals surface area (Å²) in [6, 6.07) is 5.04. The number of aryl methyl sites for hydroxylation is 1.